The van der Waals surface area contributed by atoms with E-state index >= 15 is 0 Å². The third-order valence-corrected chi connectivity index (χ3v) is 4.99. The fourth-order valence-electron chi connectivity index (χ4n) is 4.50. The van der Waals surface area contributed by atoms with Gasteiger partial charge in [0.25, 0.3) is 0 Å². The van der Waals surface area contributed by atoms with E-state index in [1.807, 2.05) is 20.8 Å². The molecule has 1 aliphatic carbocycles. The van der Waals surface area contributed by atoms with Gasteiger partial charge in [-0.2, -0.15) is 0 Å². The Balaban J connectivity index is 1.99. The summed E-state index contributed by atoms with van der Waals surface area (Å²) >= 11 is 0. The summed E-state index contributed by atoms with van der Waals surface area (Å²) in [7, 11) is 0. The molecule has 5 heteroatoms. The Morgan fingerprint density at radius 3 is 2.55 bits per heavy atom. The fraction of sp³-hybridized carbons (Fsp3) is 0.941. The molecule has 1 saturated carbocycles. The first-order valence-electron chi connectivity index (χ1n) is 8.49. The summed E-state index contributed by atoms with van der Waals surface area (Å²) in [5, 5.41) is 13.3. The van der Waals surface area contributed by atoms with E-state index in [-0.39, 0.29) is 11.5 Å². The van der Waals surface area contributed by atoms with E-state index in [1.54, 1.807) is 0 Å². The molecule has 0 bridgehead atoms. The number of aliphatic hydroxyl groups excluding tert-OH is 1. The van der Waals surface area contributed by atoms with Crippen molar-refractivity contribution in [2.75, 3.05) is 13.1 Å². The number of nitrogens with one attached hydrogen (secondary N) is 1. The van der Waals surface area contributed by atoms with Gasteiger partial charge in [0.05, 0.1) is 12.1 Å². The summed E-state index contributed by atoms with van der Waals surface area (Å²) in [6.45, 7) is 14.3. The minimum atomic E-state index is -0.513. The molecule has 1 saturated heterocycles. The SMILES string of the molecule is CCN1CC2(C[C@@H](O)[C@H](NC(=O)OC(C)(C)C)C2)C1C(C)C. The van der Waals surface area contributed by atoms with Crippen molar-refractivity contribution >= 4 is 6.09 Å². The number of carbonyl (C=O) groups excluding carboxylic acids is 1. The largest absolute Gasteiger partial charge is 0.444 e. The third kappa shape index (κ3) is 3.40. The number of aliphatic hydroxyl groups is 1. The highest BCUT2D eigenvalue weighted by Gasteiger charge is 2.58. The van der Waals surface area contributed by atoms with Crippen LogP contribution in [0.15, 0.2) is 0 Å². The predicted octanol–water partition coefficient (Wildman–Crippen LogP) is 2.38. The first-order chi connectivity index (χ1) is 10.1. The van der Waals surface area contributed by atoms with E-state index in [1.165, 1.54) is 0 Å². The molecule has 1 heterocycles. The van der Waals surface area contributed by atoms with Gasteiger partial charge in [0.15, 0.2) is 0 Å². The molecule has 2 fully saturated rings. The normalized spacial score (nSPS) is 35.7. The minimum Gasteiger partial charge on any atom is -0.444 e. The second kappa shape index (κ2) is 6.00. The Kier molecular flexibility index (Phi) is 4.79. The summed E-state index contributed by atoms with van der Waals surface area (Å²) in [5.41, 5.74) is -0.370. The van der Waals surface area contributed by atoms with Crippen molar-refractivity contribution in [1.82, 2.24) is 10.2 Å². The lowest BCUT2D eigenvalue weighted by molar-refractivity contribution is -0.0964. The Morgan fingerprint density at radius 1 is 1.41 bits per heavy atom. The third-order valence-electron chi connectivity index (χ3n) is 4.99. The van der Waals surface area contributed by atoms with Crippen LogP contribution in [-0.2, 0) is 4.74 Å². The zero-order valence-corrected chi connectivity index (χ0v) is 14.8. The van der Waals surface area contributed by atoms with Crippen LogP contribution in [0.5, 0.6) is 0 Å². The highest BCUT2D eigenvalue weighted by Crippen LogP contribution is 2.52. The monoisotopic (exact) mass is 312 g/mol. The van der Waals surface area contributed by atoms with Gasteiger partial charge < -0.3 is 15.2 Å². The van der Waals surface area contributed by atoms with Gasteiger partial charge in [0.2, 0.25) is 0 Å². The zero-order valence-electron chi connectivity index (χ0n) is 14.8. The molecule has 0 aromatic heterocycles. The molecule has 0 aromatic rings. The Labute approximate surface area is 134 Å². The van der Waals surface area contributed by atoms with Crippen LogP contribution in [0.2, 0.25) is 0 Å². The van der Waals surface area contributed by atoms with Crippen molar-refractivity contribution in [3.05, 3.63) is 0 Å². The van der Waals surface area contributed by atoms with Gasteiger partial charge in [-0.25, -0.2) is 4.79 Å². The van der Waals surface area contributed by atoms with Crippen molar-refractivity contribution in [1.29, 1.82) is 0 Å². The van der Waals surface area contributed by atoms with Crippen LogP contribution in [-0.4, -0.2) is 53.0 Å². The van der Waals surface area contributed by atoms with Crippen LogP contribution in [0.4, 0.5) is 4.79 Å². The van der Waals surface area contributed by atoms with E-state index in [0.717, 1.165) is 25.9 Å². The molecule has 5 nitrogen and oxygen atoms in total. The number of rotatable bonds is 3. The number of ether oxygens (including phenoxy) is 1. The van der Waals surface area contributed by atoms with E-state index in [0.29, 0.717) is 12.0 Å². The molecule has 0 radical (unpaired) electrons. The number of likely N-dealkylation sites (tertiary alicyclic amines) is 1. The standard InChI is InChI=1S/C17H32N2O3/c1-7-19-10-17(14(19)11(2)3)8-12(13(20)9-17)18-15(21)22-16(4,5)6/h11-14,20H,7-10H2,1-6H3,(H,18,21)/t12-,13-,14?,17?/m1/s1. The first kappa shape index (κ1) is 17.5. The molecule has 1 amide bonds. The van der Waals surface area contributed by atoms with E-state index in [9.17, 15) is 9.90 Å². The number of nitrogens with zero attached hydrogens (tertiary/aromatic N) is 1. The molecule has 2 rings (SSSR count). The topological polar surface area (TPSA) is 61.8 Å². The van der Waals surface area contributed by atoms with Crippen LogP contribution in [0.1, 0.15) is 54.4 Å². The Hall–Kier alpha value is -0.810. The van der Waals surface area contributed by atoms with E-state index < -0.39 is 17.8 Å². The molecule has 1 spiro atoms. The highest BCUT2D eigenvalue weighted by atomic mass is 16.6. The molecular weight excluding hydrogens is 280 g/mol. The molecule has 2 unspecified atom stereocenters. The minimum absolute atomic E-state index is 0.142. The summed E-state index contributed by atoms with van der Waals surface area (Å²) in [6, 6.07) is 0.299. The van der Waals surface area contributed by atoms with Crippen molar-refractivity contribution in [2.45, 2.75) is 78.2 Å². The highest BCUT2D eigenvalue weighted by molar-refractivity contribution is 5.68. The second-order valence-electron chi connectivity index (χ2n) is 8.34. The van der Waals surface area contributed by atoms with Crippen LogP contribution in [0, 0.1) is 11.3 Å². The van der Waals surface area contributed by atoms with Crippen molar-refractivity contribution < 1.29 is 14.6 Å². The van der Waals surface area contributed by atoms with Crippen molar-refractivity contribution in [2.24, 2.45) is 11.3 Å². The Morgan fingerprint density at radius 2 is 2.05 bits per heavy atom. The summed E-state index contributed by atoms with van der Waals surface area (Å²) < 4.78 is 5.31. The lowest BCUT2D eigenvalue weighted by Gasteiger charge is -2.58. The average Bonchev–Trinajstić information content (AvgIpc) is 2.62. The van der Waals surface area contributed by atoms with Gasteiger partial charge in [-0.15, -0.1) is 0 Å². The average molecular weight is 312 g/mol. The van der Waals surface area contributed by atoms with Gasteiger partial charge in [-0.05, 0) is 46.1 Å². The van der Waals surface area contributed by atoms with Gasteiger partial charge in [-0.1, -0.05) is 20.8 Å². The van der Waals surface area contributed by atoms with E-state index in [2.05, 4.69) is 31.0 Å². The number of hydrogen-bond donors (Lipinski definition) is 2. The lowest BCUT2D eigenvalue weighted by atomic mass is 9.65. The maximum absolute atomic E-state index is 12.0. The van der Waals surface area contributed by atoms with Gasteiger partial charge in [0, 0.05) is 18.0 Å². The summed E-state index contributed by atoms with van der Waals surface area (Å²) in [5.74, 6) is 0.557. The van der Waals surface area contributed by atoms with Gasteiger partial charge >= 0.3 is 6.09 Å². The van der Waals surface area contributed by atoms with E-state index in [4.69, 9.17) is 4.74 Å². The quantitative estimate of drug-likeness (QED) is 0.840. The zero-order chi connectivity index (χ0) is 16.7. The smallest absolute Gasteiger partial charge is 0.407 e. The molecular formula is C17H32N2O3. The summed E-state index contributed by atoms with van der Waals surface area (Å²) in [6.07, 6.45) is 0.702. The number of alkyl carbamates (subject to hydrolysis) is 1. The molecule has 2 aliphatic rings. The molecule has 1 aliphatic heterocycles. The fourth-order valence-corrected chi connectivity index (χ4v) is 4.50. The van der Waals surface area contributed by atoms with Crippen LogP contribution < -0.4 is 5.32 Å². The molecule has 2 N–H and O–H groups in total. The molecule has 22 heavy (non-hydrogen) atoms. The number of carbonyl (C=O) groups is 1. The van der Waals surface area contributed by atoms with Gasteiger partial charge in [0.1, 0.15) is 5.60 Å². The lowest BCUT2D eigenvalue weighted by Crippen LogP contribution is -2.65. The van der Waals surface area contributed by atoms with Crippen molar-refractivity contribution in [3.63, 3.8) is 0 Å². The maximum atomic E-state index is 12.0. The predicted molar refractivity (Wildman–Crippen MR) is 86.7 cm³/mol. The van der Waals surface area contributed by atoms with Gasteiger partial charge in [-0.3, -0.25) is 4.90 Å². The summed E-state index contributed by atoms with van der Waals surface area (Å²) in [4.78, 5) is 14.4. The number of hydrogen-bond acceptors (Lipinski definition) is 4. The molecule has 4 atom stereocenters. The number of amides is 1. The van der Waals surface area contributed by atoms with Crippen LogP contribution >= 0.6 is 0 Å². The van der Waals surface area contributed by atoms with Crippen LogP contribution in [0.25, 0.3) is 0 Å². The Bertz CT molecular complexity index is 419. The molecule has 0 aromatic carbocycles. The molecule has 128 valence electrons. The van der Waals surface area contributed by atoms with Crippen LogP contribution in [0.3, 0.4) is 0 Å². The first-order valence-corrected chi connectivity index (χ1v) is 8.49. The van der Waals surface area contributed by atoms with Crippen molar-refractivity contribution in [3.8, 4) is 0 Å². The maximum Gasteiger partial charge on any atom is 0.407 e. The second-order valence-corrected chi connectivity index (χ2v) is 8.34.